The Morgan fingerprint density at radius 2 is 1.49 bits per heavy atom. The highest BCUT2D eigenvalue weighted by molar-refractivity contribution is 6.35. The largest absolute Gasteiger partial charge is 0.489 e. The van der Waals surface area contributed by atoms with E-state index < -0.39 is 11.9 Å². The first-order valence-corrected chi connectivity index (χ1v) is 12.1. The molecule has 1 N–H and O–H groups in total. The molecule has 6 nitrogen and oxygen atoms in total. The van der Waals surface area contributed by atoms with Gasteiger partial charge < -0.3 is 9.47 Å². The van der Waals surface area contributed by atoms with Gasteiger partial charge in [0.1, 0.15) is 18.1 Å². The number of hydrazone groups is 1. The Morgan fingerprint density at radius 3 is 2.22 bits per heavy atom. The van der Waals surface area contributed by atoms with E-state index in [0.29, 0.717) is 43.3 Å². The van der Waals surface area contributed by atoms with Crippen molar-refractivity contribution in [2.75, 3.05) is 0 Å². The van der Waals surface area contributed by atoms with Gasteiger partial charge in [-0.1, -0.05) is 53.0 Å². The fourth-order valence-electron chi connectivity index (χ4n) is 3.14. The maximum absolute atomic E-state index is 12.4. The van der Waals surface area contributed by atoms with Crippen molar-refractivity contribution in [1.29, 1.82) is 0 Å². The van der Waals surface area contributed by atoms with E-state index >= 15 is 0 Å². The van der Waals surface area contributed by atoms with Gasteiger partial charge in [0.15, 0.2) is 0 Å². The zero-order valence-electron chi connectivity index (χ0n) is 19.2. The zero-order valence-corrected chi connectivity index (χ0v) is 21.4. The van der Waals surface area contributed by atoms with E-state index in [4.69, 9.17) is 44.3 Å². The number of esters is 1. The van der Waals surface area contributed by atoms with Crippen LogP contribution in [0.25, 0.3) is 0 Å². The molecule has 0 aliphatic heterocycles. The van der Waals surface area contributed by atoms with Crippen LogP contribution in [0.15, 0.2) is 96.1 Å². The zero-order chi connectivity index (χ0) is 26.2. The van der Waals surface area contributed by atoms with Crippen LogP contribution in [0.1, 0.15) is 31.8 Å². The van der Waals surface area contributed by atoms with E-state index in [0.717, 1.165) is 5.56 Å². The molecule has 0 aliphatic carbocycles. The second kappa shape index (κ2) is 12.4. The van der Waals surface area contributed by atoms with Crippen LogP contribution >= 0.6 is 34.8 Å². The van der Waals surface area contributed by atoms with Gasteiger partial charge in [0.05, 0.1) is 11.8 Å². The molecule has 0 atom stereocenters. The quantitative estimate of drug-likeness (QED) is 0.108. The lowest BCUT2D eigenvalue weighted by atomic mass is 10.2. The molecule has 4 aromatic rings. The van der Waals surface area contributed by atoms with Crippen molar-refractivity contribution >= 4 is 52.9 Å². The van der Waals surface area contributed by atoms with Crippen molar-refractivity contribution in [3.63, 3.8) is 0 Å². The smallest absolute Gasteiger partial charge is 0.343 e. The number of nitrogens with one attached hydrogen (secondary N) is 1. The summed E-state index contributed by atoms with van der Waals surface area (Å²) in [5, 5.41) is 5.59. The minimum Gasteiger partial charge on any atom is -0.489 e. The monoisotopic (exact) mass is 552 g/mol. The molecule has 0 bridgehead atoms. The Morgan fingerprint density at radius 1 is 0.784 bits per heavy atom. The molecule has 0 aliphatic rings. The Bertz CT molecular complexity index is 1440. The van der Waals surface area contributed by atoms with Crippen molar-refractivity contribution in [1.82, 2.24) is 5.43 Å². The highest BCUT2D eigenvalue weighted by Crippen LogP contribution is 2.23. The van der Waals surface area contributed by atoms with E-state index in [1.165, 1.54) is 6.21 Å². The number of nitrogens with zero attached hydrogens (tertiary/aromatic N) is 1. The van der Waals surface area contributed by atoms with Gasteiger partial charge in [-0.2, -0.15) is 5.10 Å². The molecule has 0 spiro atoms. The van der Waals surface area contributed by atoms with Crippen molar-refractivity contribution in [3.05, 3.63) is 128 Å². The summed E-state index contributed by atoms with van der Waals surface area (Å²) in [4.78, 5) is 24.7. The number of rotatable bonds is 8. The van der Waals surface area contributed by atoms with E-state index in [1.807, 2.05) is 0 Å². The molecule has 0 unspecified atom stereocenters. The van der Waals surface area contributed by atoms with Gasteiger partial charge in [0.2, 0.25) is 0 Å². The summed E-state index contributed by atoms with van der Waals surface area (Å²) in [6.45, 7) is 0.264. The van der Waals surface area contributed by atoms with Gasteiger partial charge in [-0.25, -0.2) is 10.2 Å². The molecule has 9 heteroatoms. The Balaban J connectivity index is 1.29. The summed E-state index contributed by atoms with van der Waals surface area (Å²) >= 11 is 17.9. The average Bonchev–Trinajstić information content (AvgIpc) is 2.89. The number of benzene rings is 4. The lowest BCUT2D eigenvalue weighted by Gasteiger charge is -2.08. The predicted octanol–water partition coefficient (Wildman–Crippen LogP) is 7.21. The molecule has 37 heavy (non-hydrogen) atoms. The first kappa shape index (κ1) is 26.2. The van der Waals surface area contributed by atoms with Crippen LogP contribution in [0.4, 0.5) is 0 Å². The molecule has 0 radical (unpaired) electrons. The summed E-state index contributed by atoms with van der Waals surface area (Å²) in [6, 6.07) is 24.9. The first-order valence-electron chi connectivity index (χ1n) is 11.0. The minimum atomic E-state index is -0.511. The summed E-state index contributed by atoms with van der Waals surface area (Å²) in [5.74, 6) is 0.0124. The number of carbonyl (C=O) groups excluding carboxylic acids is 2. The van der Waals surface area contributed by atoms with Gasteiger partial charge in [-0.15, -0.1) is 0 Å². The Kier molecular flexibility index (Phi) is 8.80. The number of carbonyl (C=O) groups is 2. The maximum Gasteiger partial charge on any atom is 0.343 e. The third-order valence-corrected chi connectivity index (χ3v) is 5.89. The Hall–Kier alpha value is -3.84. The number of hydrogen-bond donors (Lipinski definition) is 1. The van der Waals surface area contributed by atoms with Crippen LogP contribution in [0, 0.1) is 0 Å². The molecule has 0 fully saturated rings. The van der Waals surface area contributed by atoms with Crippen molar-refractivity contribution in [3.8, 4) is 11.5 Å². The number of halogens is 3. The van der Waals surface area contributed by atoms with E-state index in [-0.39, 0.29) is 6.61 Å². The molecule has 0 aromatic heterocycles. The Labute approximate surface area is 228 Å². The maximum atomic E-state index is 12.4. The molecular weight excluding hydrogens is 535 g/mol. The molecule has 1 amide bonds. The first-order chi connectivity index (χ1) is 17.9. The summed E-state index contributed by atoms with van der Waals surface area (Å²) in [7, 11) is 0. The van der Waals surface area contributed by atoms with Crippen molar-refractivity contribution in [2.45, 2.75) is 6.61 Å². The third kappa shape index (κ3) is 7.57. The second-order valence-corrected chi connectivity index (χ2v) is 9.00. The summed E-state index contributed by atoms with van der Waals surface area (Å²) in [6.07, 6.45) is 1.45. The number of hydrogen-bond acceptors (Lipinski definition) is 5. The second-order valence-electron chi connectivity index (χ2n) is 7.72. The van der Waals surface area contributed by atoms with Gasteiger partial charge in [0.25, 0.3) is 5.91 Å². The van der Waals surface area contributed by atoms with Crippen LogP contribution < -0.4 is 14.9 Å². The van der Waals surface area contributed by atoms with Gasteiger partial charge in [-0.05, 0) is 78.4 Å². The van der Waals surface area contributed by atoms with Gasteiger partial charge in [0, 0.05) is 26.2 Å². The predicted molar refractivity (Wildman–Crippen MR) is 145 cm³/mol. The van der Waals surface area contributed by atoms with Gasteiger partial charge in [-0.3, -0.25) is 4.79 Å². The molecule has 0 saturated heterocycles. The SMILES string of the molecule is O=C(N/N=C\c1cccc(OC(=O)c2ccc(Cl)cc2)c1)c1ccc(OCc2ccc(Cl)cc2Cl)cc1. The average molecular weight is 554 g/mol. The minimum absolute atomic E-state index is 0.264. The molecule has 4 rings (SSSR count). The van der Waals surface area contributed by atoms with Crippen LogP contribution in [-0.4, -0.2) is 18.1 Å². The van der Waals surface area contributed by atoms with Crippen LogP contribution in [0.5, 0.6) is 11.5 Å². The normalized spacial score (nSPS) is 10.8. The van der Waals surface area contributed by atoms with E-state index in [9.17, 15) is 9.59 Å². The highest BCUT2D eigenvalue weighted by atomic mass is 35.5. The summed E-state index contributed by atoms with van der Waals surface area (Å²) < 4.78 is 11.1. The molecule has 0 saturated carbocycles. The number of ether oxygens (including phenoxy) is 2. The highest BCUT2D eigenvalue weighted by Gasteiger charge is 2.09. The van der Waals surface area contributed by atoms with Crippen molar-refractivity contribution < 1.29 is 19.1 Å². The lowest BCUT2D eigenvalue weighted by Crippen LogP contribution is -2.17. The standard InChI is InChI=1S/C28H19Cl3N2O4/c29-22-9-4-20(5-10-22)28(35)37-25-3-1-2-18(14-25)16-32-33-27(34)19-7-12-24(13-8-19)36-17-21-6-11-23(30)15-26(21)31/h1-16H,17H2,(H,33,34)/b32-16-. The topological polar surface area (TPSA) is 77.0 Å². The summed E-state index contributed by atoms with van der Waals surface area (Å²) in [5.41, 5.74) is 4.67. The van der Waals surface area contributed by atoms with Crippen molar-refractivity contribution in [2.24, 2.45) is 5.10 Å². The molecular formula is C28H19Cl3N2O4. The van der Waals surface area contributed by atoms with Gasteiger partial charge >= 0.3 is 5.97 Å². The van der Waals surface area contributed by atoms with Crippen LogP contribution in [-0.2, 0) is 6.61 Å². The van der Waals surface area contributed by atoms with Crippen LogP contribution in [0.3, 0.4) is 0 Å². The van der Waals surface area contributed by atoms with Crippen LogP contribution in [0.2, 0.25) is 15.1 Å². The molecule has 186 valence electrons. The van der Waals surface area contributed by atoms with E-state index in [2.05, 4.69) is 10.5 Å². The third-order valence-electron chi connectivity index (χ3n) is 5.05. The fourth-order valence-corrected chi connectivity index (χ4v) is 3.73. The molecule has 0 heterocycles. The fraction of sp³-hybridized carbons (Fsp3) is 0.0357. The molecule has 4 aromatic carbocycles. The number of amides is 1. The van der Waals surface area contributed by atoms with E-state index in [1.54, 1.807) is 91.0 Å². The lowest BCUT2D eigenvalue weighted by molar-refractivity contribution is 0.0734.